The van der Waals surface area contributed by atoms with Gasteiger partial charge in [-0.05, 0) is 38.8 Å². The van der Waals surface area contributed by atoms with Crippen molar-refractivity contribution in [3.05, 3.63) is 29.0 Å². The normalized spacial score (nSPS) is 18.2. The van der Waals surface area contributed by atoms with Crippen LogP contribution in [-0.4, -0.2) is 15.1 Å². The highest BCUT2D eigenvalue weighted by Crippen LogP contribution is 2.33. The average molecular weight is 292 g/mol. The summed E-state index contributed by atoms with van der Waals surface area (Å²) in [6.45, 7) is 4.34. The molecule has 4 heteroatoms. The molecule has 0 unspecified atom stereocenters. The van der Waals surface area contributed by atoms with E-state index in [1.54, 1.807) is 0 Å². The van der Waals surface area contributed by atoms with E-state index >= 15 is 0 Å². The van der Waals surface area contributed by atoms with Crippen LogP contribution < -0.4 is 5.73 Å². The SMILES string of the molecule is CC(C)n1c(CC2(N)CCCC2)nc2cccc(Cl)c21. The first kappa shape index (κ1) is 13.9. The van der Waals surface area contributed by atoms with Crippen molar-refractivity contribution < 1.29 is 0 Å². The number of rotatable bonds is 3. The summed E-state index contributed by atoms with van der Waals surface area (Å²) in [6, 6.07) is 6.25. The second-order valence-corrected chi connectivity index (χ2v) is 6.75. The zero-order chi connectivity index (χ0) is 14.3. The van der Waals surface area contributed by atoms with E-state index in [4.69, 9.17) is 22.3 Å². The molecule has 1 aromatic heterocycles. The number of hydrogen-bond acceptors (Lipinski definition) is 2. The van der Waals surface area contributed by atoms with Crippen LogP contribution in [-0.2, 0) is 6.42 Å². The Morgan fingerprint density at radius 3 is 2.70 bits per heavy atom. The number of nitrogens with two attached hydrogens (primary N) is 1. The predicted octanol–water partition coefficient (Wildman–Crippen LogP) is 4.08. The van der Waals surface area contributed by atoms with Crippen molar-refractivity contribution in [1.82, 2.24) is 9.55 Å². The minimum absolute atomic E-state index is 0.0828. The lowest BCUT2D eigenvalue weighted by atomic mass is 9.94. The van der Waals surface area contributed by atoms with Crippen molar-refractivity contribution in [3.8, 4) is 0 Å². The Labute approximate surface area is 125 Å². The Balaban J connectivity index is 2.10. The predicted molar refractivity (Wildman–Crippen MR) is 84.2 cm³/mol. The molecule has 1 aliphatic carbocycles. The van der Waals surface area contributed by atoms with Gasteiger partial charge in [0.15, 0.2) is 0 Å². The van der Waals surface area contributed by atoms with E-state index in [9.17, 15) is 0 Å². The maximum absolute atomic E-state index is 6.53. The van der Waals surface area contributed by atoms with Gasteiger partial charge in [-0.2, -0.15) is 0 Å². The van der Waals surface area contributed by atoms with Crippen LogP contribution in [0.3, 0.4) is 0 Å². The lowest BCUT2D eigenvalue weighted by Crippen LogP contribution is -2.39. The van der Waals surface area contributed by atoms with Crippen LogP contribution >= 0.6 is 11.6 Å². The Morgan fingerprint density at radius 2 is 2.05 bits per heavy atom. The summed E-state index contributed by atoms with van der Waals surface area (Å²) in [5.41, 5.74) is 8.47. The van der Waals surface area contributed by atoms with Crippen molar-refractivity contribution in [2.24, 2.45) is 5.73 Å². The number of imidazole rings is 1. The summed E-state index contributed by atoms with van der Waals surface area (Å²) < 4.78 is 2.25. The molecule has 0 amide bonds. The monoisotopic (exact) mass is 291 g/mol. The molecule has 0 atom stereocenters. The van der Waals surface area contributed by atoms with Gasteiger partial charge in [0.1, 0.15) is 5.82 Å². The number of benzene rings is 1. The van der Waals surface area contributed by atoms with Crippen LogP contribution in [0.4, 0.5) is 0 Å². The summed E-state index contributed by atoms with van der Waals surface area (Å²) in [4.78, 5) is 4.80. The molecule has 1 fully saturated rings. The first-order valence-corrected chi connectivity index (χ1v) is 7.82. The van der Waals surface area contributed by atoms with E-state index in [-0.39, 0.29) is 5.54 Å². The molecular formula is C16H22ClN3. The third-order valence-corrected chi connectivity index (χ3v) is 4.66. The Bertz CT molecular complexity index is 624. The van der Waals surface area contributed by atoms with Gasteiger partial charge in [0.25, 0.3) is 0 Å². The fraction of sp³-hybridized carbons (Fsp3) is 0.562. The number of hydrogen-bond donors (Lipinski definition) is 1. The maximum Gasteiger partial charge on any atom is 0.111 e. The van der Waals surface area contributed by atoms with Crippen LogP contribution in [0.1, 0.15) is 51.4 Å². The molecule has 2 N–H and O–H groups in total. The Morgan fingerprint density at radius 1 is 1.35 bits per heavy atom. The molecule has 1 saturated carbocycles. The molecule has 0 spiro atoms. The highest BCUT2D eigenvalue weighted by atomic mass is 35.5. The van der Waals surface area contributed by atoms with Gasteiger partial charge in [0, 0.05) is 18.0 Å². The van der Waals surface area contributed by atoms with Crippen LogP contribution in [0.25, 0.3) is 11.0 Å². The molecule has 3 nitrogen and oxygen atoms in total. The second-order valence-electron chi connectivity index (χ2n) is 6.35. The van der Waals surface area contributed by atoms with E-state index in [0.717, 1.165) is 41.1 Å². The number of para-hydroxylation sites is 1. The minimum Gasteiger partial charge on any atom is -0.325 e. The Hall–Kier alpha value is -1.06. The van der Waals surface area contributed by atoms with Gasteiger partial charge >= 0.3 is 0 Å². The van der Waals surface area contributed by atoms with Gasteiger partial charge in [-0.25, -0.2) is 4.98 Å². The van der Waals surface area contributed by atoms with Crippen LogP contribution in [0.5, 0.6) is 0 Å². The first-order chi connectivity index (χ1) is 9.50. The smallest absolute Gasteiger partial charge is 0.111 e. The lowest BCUT2D eigenvalue weighted by Gasteiger charge is -2.24. The van der Waals surface area contributed by atoms with Gasteiger partial charge in [-0.15, -0.1) is 0 Å². The van der Waals surface area contributed by atoms with E-state index in [2.05, 4.69) is 18.4 Å². The fourth-order valence-corrected chi connectivity index (χ4v) is 3.67. The molecule has 1 aliphatic rings. The van der Waals surface area contributed by atoms with Crippen molar-refractivity contribution >= 4 is 22.6 Å². The summed E-state index contributed by atoms with van der Waals surface area (Å²) in [6.07, 6.45) is 5.51. The summed E-state index contributed by atoms with van der Waals surface area (Å²) in [7, 11) is 0. The van der Waals surface area contributed by atoms with Gasteiger partial charge < -0.3 is 10.3 Å². The van der Waals surface area contributed by atoms with Gasteiger partial charge in [0.05, 0.1) is 16.1 Å². The third-order valence-electron chi connectivity index (χ3n) is 4.36. The molecule has 3 rings (SSSR count). The summed E-state index contributed by atoms with van der Waals surface area (Å²) >= 11 is 6.38. The quantitative estimate of drug-likeness (QED) is 0.926. The molecular weight excluding hydrogens is 270 g/mol. The molecule has 2 aromatic rings. The summed E-state index contributed by atoms with van der Waals surface area (Å²) in [5.74, 6) is 1.08. The number of halogens is 1. The molecule has 0 saturated heterocycles. The first-order valence-electron chi connectivity index (χ1n) is 7.44. The molecule has 0 aliphatic heterocycles. The molecule has 0 radical (unpaired) electrons. The van der Waals surface area contributed by atoms with Gasteiger partial charge in [-0.1, -0.05) is 30.5 Å². The van der Waals surface area contributed by atoms with Crippen LogP contribution in [0, 0.1) is 0 Å². The van der Waals surface area contributed by atoms with Crippen LogP contribution in [0.2, 0.25) is 5.02 Å². The van der Waals surface area contributed by atoms with E-state index in [1.807, 2.05) is 18.2 Å². The van der Waals surface area contributed by atoms with Crippen molar-refractivity contribution in [2.75, 3.05) is 0 Å². The van der Waals surface area contributed by atoms with Crippen molar-refractivity contribution in [3.63, 3.8) is 0 Å². The second kappa shape index (κ2) is 5.05. The third kappa shape index (κ3) is 2.33. The topological polar surface area (TPSA) is 43.8 Å². The number of nitrogens with zero attached hydrogens (tertiary/aromatic N) is 2. The molecule has 108 valence electrons. The zero-order valence-corrected chi connectivity index (χ0v) is 13.0. The summed E-state index contributed by atoms with van der Waals surface area (Å²) in [5, 5.41) is 0.771. The standard InChI is InChI=1S/C16H22ClN3/c1-11(2)20-14(10-16(18)8-3-4-9-16)19-13-7-5-6-12(17)15(13)20/h5-7,11H,3-4,8-10,18H2,1-2H3. The molecule has 0 bridgehead atoms. The van der Waals surface area contributed by atoms with Crippen LogP contribution in [0.15, 0.2) is 18.2 Å². The largest absolute Gasteiger partial charge is 0.325 e. The average Bonchev–Trinajstić information content (AvgIpc) is 2.94. The molecule has 1 aromatic carbocycles. The Kier molecular flexibility index (Phi) is 3.51. The van der Waals surface area contributed by atoms with Gasteiger partial charge in [0.2, 0.25) is 0 Å². The maximum atomic E-state index is 6.53. The fourth-order valence-electron chi connectivity index (χ4n) is 3.41. The number of aromatic nitrogens is 2. The zero-order valence-electron chi connectivity index (χ0n) is 12.2. The molecule has 20 heavy (non-hydrogen) atoms. The number of fused-ring (bicyclic) bond motifs is 1. The highest BCUT2D eigenvalue weighted by Gasteiger charge is 2.32. The highest BCUT2D eigenvalue weighted by molar-refractivity contribution is 6.35. The van der Waals surface area contributed by atoms with Crippen molar-refractivity contribution in [2.45, 2.75) is 57.5 Å². The lowest BCUT2D eigenvalue weighted by molar-refractivity contribution is 0.413. The van der Waals surface area contributed by atoms with E-state index in [1.165, 1.54) is 12.8 Å². The van der Waals surface area contributed by atoms with Crippen molar-refractivity contribution in [1.29, 1.82) is 0 Å². The minimum atomic E-state index is -0.0828. The van der Waals surface area contributed by atoms with E-state index in [0.29, 0.717) is 6.04 Å². The van der Waals surface area contributed by atoms with Gasteiger partial charge in [-0.3, -0.25) is 0 Å². The molecule has 1 heterocycles. The van der Waals surface area contributed by atoms with E-state index < -0.39 is 0 Å².